The molecule has 0 spiro atoms. The molecule has 4 N–H and O–H groups in total. The number of anilines is 1. The van der Waals surface area contributed by atoms with Crippen LogP contribution in [0.5, 0.6) is 0 Å². The van der Waals surface area contributed by atoms with Gasteiger partial charge in [-0.05, 0) is 31.0 Å². The lowest BCUT2D eigenvalue weighted by atomic mass is 10.2. The molecule has 2 rings (SSSR count). The van der Waals surface area contributed by atoms with Crippen molar-refractivity contribution in [3.8, 4) is 0 Å². The zero-order chi connectivity index (χ0) is 14.6. The van der Waals surface area contributed by atoms with E-state index in [-0.39, 0.29) is 17.3 Å². The number of hydrogen-bond donors (Lipinski definition) is 3. The SMILES string of the molecule is NS(=O)(=O)c1cccc(NC(=O)CNC2CCCC2)c1. The van der Waals surface area contributed by atoms with Crippen LogP contribution in [0, 0.1) is 0 Å². The summed E-state index contributed by atoms with van der Waals surface area (Å²) in [5, 5.41) is 10.9. The van der Waals surface area contributed by atoms with Gasteiger partial charge in [-0.25, -0.2) is 13.6 Å². The van der Waals surface area contributed by atoms with Gasteiger partial charge >= 0.3 is 0 Å². The summed E-state index contributed by atoms with van der Waals surface area (Å²) >= 11 is 0. The Morgan fingerprint density at radius 2 is 2.00 bits per heavy atom. The van der Waals surface area contributed by atoms with Crippen molar-refractivity contribution in [1.29, 1.82) is 0 Å². The lowest BCUT2D eigenvalue weighted by Gasteiger charge is -2.12. The van der Waals surface area contributed by atoms with Gasteiger partial charge in [-0.2, -0.15) is 0 Å². The van der Waals surface area contributed by atoms with Crippen molar-refractivity contribution in [3.05, 3.63) is 24.3 Å². The van der Waals surface area contributed by atoms with Crippen LogP contribution in [-0.4, -0.2) is 26.9 Å². The molecule has 1 fully saturated rings. The summed E-state index contributed by atoms with van der Waals surface area (Å²) in [5.41, 5.74) is 0.426. The van der Waals surface area contributed by atoms with Gasteiger partial charge in [0.1, 0.15) is 0 Å². The molecule has 0 atom stereocenters. The third-order valence-electron chi connectivity index (χ3n) is 3.35. The number of rotatable bonds is 5. The van der Waals surface area contributed by atoms with E-state index in [1.165, 1.54) is 25.0 Å². The van der Waals surface area contributed by atoms with Crippen LogP contribution in [0.25, 0.3) is 0 Å². The molecular formula is C13H19N3O3S. The van der Waals surface area contributed by atoms with Crippen LogP contribution in [0.1, 0.15) is 25.7 Å². The van der Waals surface area contributed by atoms with E-state index in [1.54, 1.807) is 12.1 Å². The molecule has 0 bridgehead atoms. The first-order chi connectivity index (χ1) is 9.45. The molecule has 110 valence electrons. The van der Waals surface area contributed by atoms with Crippen molar-refractivity contribution < 1.29 is 13.2 Å². The molecule has 0 heterocycles. The first-order valence-electron chi connectivity index (χ1n) is 6.61. The van der Waals surface area contributed by atoms with Gasteiger partial charge < -0.3 is 10.6 Å². The van der Waals surface area contributed by atoms with Gasteiger partial charge in [0.15, 0.2) is 0 Å². The average Bonchev–Trinajstić information content (AvgIpc) is 2.89. The van der Waals surface area contributed by atoms with E-state index in [0.717, 1.165) is 12.8 Å². The van der Waals surface area contributed by atoms with Crippen LogP contribution in [0.15, 0.2) is 29.2 Å². The Balaban J connectivity index is 1.90. The van der Waals surface area contributed by atoms with Gasteiger partial charge in [0, 0.05) is 11.7 Å². The van der Waals surface area contributed by atoms with Crippen molar-refractivity contribution in [2.45, 2.75) is 36.6 Å². The highest BCUT2D eigenvalue weighted by atomic mass is 32.2. The minimum Gasteiger partial charge on any atom is -0.325 e. The lowest BCUT2D eigenvalue weighted by Crippen LogP contribution is -2.34. The fourth-order valence-electron chi connectivity index (χ4n) is 2.32. The summed E-state index contributed by atoms with van der Waals surface area (Å²) in [6.45, 7) is 0.226. The van der Waals surface area contributed by atoms with Crippen LogP contribution in [0.4, 0.5) is 5.69 Å². The Labute approximate surface area is 118 Å². The van der Waals surface area contributed by atoms with E-state index < -0.39 is 10.0 Å². The molecule has 0 saturated heterocycles. The molecule has 1 saturated carbocycles. The predicted octanol–water partition coefficient (Wildman–Crippen LogP) is 0.805. The standard InChI is InChI=1S/C13H19N3O3S/c14-20(18,19)12-7-3-6-11(8-12)16-13(17)9-15-10-4-1-2-5-10/h3,6-8,10,15H,1-2,4-5,9H2,(H,16,17)(H2,14,18,19). The molecule has 1 aliphatic rings. The number of amides is 1. The highest BCUT2D eigenvalue weighted by molar-refractivity contribution is 7.89. The second kappa shape index (κ2) is 6.34. The van der Waals surface area contributed by atoms with Gasteiger partial charge in [0.2, 0.25) is 15.9 Å². The Morgan fingerprint density at radius 1 is 1.30 bits per heavy atom. The van der Waals surface area contributed by atoms with Gasteiger partial charge in [0.25, 0.3) is 0 Å². The van der Waals surface area contributed by atoms with Crippen LogP contribution in [0.2, 0.25) is 0 Å². The number of primary sulfonamides is 1. The Bertz CT molecular complexity index is 580. The van der Waals surface area contributed by atoms with Crippen molar-refractivity contribution in [2.24, 2.45) is 5.14 Å². The zero-order valence-corrected chi connectivity index (χ0v) is 11.9. The maximum atomic E-state index is 11.8. The molecule has 0 unspecified atom stereocenters. The van der Waals surface area contributed by atoms with E-state index >= 15 is 0 Å². The van der Waals surface area contributed by atoms with E-state index in [4.69, 9.17) is 5.14 Å². The Hall–Kier alpha value is -1.44. The normalized spacial score (nSPS) is 16.2. The minimum absolute atomic E-state index is 0.0148. The molecule has 6 nitrogen and oxygen atoms in total. The summed E-state index contributed by atoms with van der Waals surface area (Å²) in [4.78, 5) is 11.8. The number of nitrogens with one attached hydrogen (secondary N) is 2. The quantitative estimate of drug-likeness (QED) is 0.748. The summed E-state index contributed by atoms with van der Waals surface area (Å²) in [5.74, 6) is -0.191. The third-order valence-corrected chi connectivity index (χ3v) is 4.26. The molecule has 1 aromatic rings. The largest absolute Gasteiger partial charge is 0.325 e. The number of benzene rings is 1. The van der Waals surface area contributed by atoms with Gasteiger partial charge in [-0.15, -0.1) is 0 Å². The predicted molar refractivity (Wildman–Crippen MR) is 76.7 cm³/mol. The molecule has 1 aromatic carbocycles. The van der Waals surface area contributed by atoms with Crippen LogP contribution >= 0.6 is 0 Å². The molecule has 0 aliphatic heterocycles. The molecule has 1 aliphatic carbocycles. The van der Waals surface area contributed by atoms with Crippen LogP contribution < -0.4 is 15.8 Å². The van der Waals surface area contributed by atoms with Gasteiger partial charge in [-0.1, -0.05) is 18.9 Å². The van der Waals surface area contributed by atoms with Gasteiger partial charge in [-0.3, -0.25) is 4.79 Å². The van der Waals surface area contributed by atoms with Crippen molar-refractivity contribution in [2.75, 3.05) is 11.9 Å². The summed E-state index contributed by atoms with van der Waals surface area (Å²) in [6, 6.07) is 6.32. The van der Waals surface area contributed by atoms with Gasteiger partial charge in [0.05, 0.1) is 11.4 Å². The highest BCUT2D eigenvalue weighted by Crippen LogP contribution is 2.17. The summed E-state index contributed by atoms with van der Waals surface area (Å²) in [6.07, 6.45) is 4.62. The molecule has 7 heteroatoms. The molecule has 0 radical (unpaired) electrons. The highest BCUT2D eigenvalue weighted by Gasteiger charge is 2.15. The molecule has 0 aromatic heterocycles. The molecule has 20 heavy (non-hydrogen) atoms. The zero-order valence-electron chi connectivity index (χ0n) is 11.1. The monoisotopic (exact) mass is 297 g/mol. The van der Waals surface area contributed by atoms with Crippen LogP contribution in [-0.2, 0) is 14.8 Å². The number of hydrogen-bond acceptors (Lipinski definition) is 4. The number of nitrogens with two attached hydrogens (primary N) is 1. The maximum absolute atomic E-state index is 11.8. The van der Waals surface area contributed by atoms with E-state index in [1.807, 2.05) is 0 Å². The number of carbonyl (C=O) groups is 1. The second-order valence-electron chi connectivity index (χ2n) is 4.98. The Kier molecular flexibility index (Phi) is 4.74. The first kappa shape index (κ1) is 15.0. The minimum atomic E-state index is -3.75. The Morgan fingerprint density at radius 3 is 2.65 bits per heavy atom. The first-order valence-corrected chi connectivity index (χ1v) is 8.16. The molecule has 1 amide bonds. The van der Waals surface area contributed by atoms with Crippen molar-refractivity contribution in [3.63, 3.8) is 0 Å². The number of sulfonamides is 1. The third kappa shape index (κ3) is 4.29. The van der Waals surface area contributed by atoms with E-state index in [9.17, 15) is 13.2 Å². The second-order valence-corrected chi connectivity index (χ2v) is 6.54. The maximum Gasteiger partial charge on any atom is 0.238 e. The number of carbonyl (C=O) groups excluding carboxylic acids is 1. The van der Waals surface area contributed by atoms with E-state index in [2.05, 4.69) is 10.6 Å². The van der Waals surface area contributed by atoms with Crippen molar-refractivity contribution >= 4 is 21.6 Å². The summed E-state index contributed by atoms with van der Waals surface area (Å²) in [7, 11) is -3.75. The topological polar surface area (TPSA) is 101 Å². The fraction of sp³-hybridized carbons (Fsp3) is 0.462. The molecular weight excluding hydrogens is 278 g/mol. The summed E-state index contributed by atoms with van der Waals surface area (Å²) < 4.78 is 22.4. The lowest BCUT2D eigenvalue weighted by molar-refractivity contribution is -0.115. The van der Waals surface area contributed by atoms with E-state index in [0.29, 0.717) is 11.7 Å². The smallest absolute Gasteiger partial charge is 0.238 e. The fourth-order valence-corrected chi connectivity index (χ4v) is 2.88. The van der Waals surface area contributed by atoms with Crippen molar-refractivity contribution in [1.82, 2.24) is 5.32 Å². The van der Waals surface area contributed by atoms with Crippen LogP contribution in [0.3, 0.4) is 0 Å². The average molecular weight is 297 g/mol.